The number of rotatable bonds is 6. The molecule has 0 saturated carbocycles. The van der Waals surface area contributed by atoms with E-state index in [1.807, 2.05) is 53.6 Å². The summed E-state index contributed by atoms with van der Waals surface area (Å²) < 4.78 is 0. The minimum atomic E-state index is -0.0221. The Labute approximate surface area is 205 Å². The lowest BCUT2D eigenvalue weighted by molar-refractivity contribution is 0.0747. The highest BCUT2D eigenvalue weighted by Crippen LogP contribution is 2.27. The van der Waals surface area contributed by atoms with Gasteiger partial charge in [-0.1, -0.05) is 86.4 Å². The van der Waals surface area contributed by atoms with Gasteiger partial charge in [0.25, 0.3) is 5.91 Å². The van der Waals surface area contributed by atoms with Crippen molar-refractivity contribution in [1.29, 1.82) is 0 Å². The van der Waals surface area contributed by atoms with Crippen LogP contribution in [0.1, 0.15) is 47.8 Å². The summed E-state index contributed by atoms with van der Waals surface area (Å²) in [5.41, 5.74) is 4.81. The molecule has 4 aromatic rings. The molecule has 0 atom stereocenters. The van der Waals surface area contributed by atoms with Crippen molar-refractivity contribution in [1.82, 2.24) is 9.88 Å². The van der Waals surface area contributed by atoms with Crippen LogP contribution in [0.4, 0.5) is 0 Å². The molecule has 0 unspecified atom stereocenters. The van der Waals surface area contributed by atoms with Gasteiger partial charge in [0.15, 0.2) is 0 Å². The van der Waals surface area contributed by atoms with E-state index in [-0.39, 0.29) is 11.3 Å². The molecule has 0 aliphatic carbocycles. The van der Waals surface area contributed by atoms with Crippen LogP contribution < -0.4 is 0 Å². The molecule has 1 heterocycles. The van der Waals surface area contributed by atoms with Crippen LogP contribution in [-0.4, -0.2) is 22.3 Å². The molecule has 0 fully saturated rings. The smallest absolute Gasteiger partial charge is 0.256 e. The maximum absolute atomic E-state index is 13.7. The van der Waals surface area contributed by atoms with Gasteiger partial charge in [-0.15, -0.1) is 0 Å². The van der Waals surface area contributed by atoms with E-state index in [2.05, 4.69) is 50.0 Å². The molecule has 1 aromatic heterocycles. The van der Waals surface area contributed by atoms with Crippen LogP contribution in [0.15, 0.2) is 72.9 Å². The normalized spacial score (nSPS) is 11.7. The number of amides is 1. The van der Waals surface area contributed by atoms with Crippen LogP contribution in [0.3, 0.4) is 0 Å². The summed E-state index contributed by atoms with van der Waals surface area (Å²) in [4.78, 5) is 18.8. The number of aromatic amines is 1. The van der Waals surface area contributed by atoms with Crippen molar-refractivity contribution < 1.29 is 4.79 Å². The Morgan fingerprint density at radius 2 is 1.58 bits per heavy atom. The molecule has 170 valence electrons. The number of benzene rings is 3. The Morgan fingerprint density at radius 3 is 2.24 bits per heavy atom. The first-order valence-electron chi connectivity index (χ1n) is 11.1. The Kier molecular flexibility index (Phi) is 6.83. The molecule has 3 aromatic carbocycles. The van der Waals surface area contributed by atoms with Crippen molar-refractivity contribution >= 4 is 40.0 Å². The highest BCUT2D eigenvalue weighted by molar-refractivity contribution is 6.36. The van der Waals surface area contributed by atoms with E-state index in [4.69, 9.17) is 23.2 Å². The Hall–Kier alpha value is -2.75. The SMILES string of the molecule is CC(C)(C)c1ccc(CN(CCc2c(Cl)cccc2Cl)C(=O)c2cccc3cc[nH]c23)cc1. The molecule has 1 N–H and O–H groups in total. The van der Waals surface area contributed by atoms with Crippen molar-refractivity contribution in [3.05, 3.63) is 105 Å². The van der Waals surface area contributed by atoms with Crippen molar-refractivity contribution in [2.24, 2.45) is 0 Å². The van der Waals surface area contributed by atoms with Crippen LogP contribution in [0.2, 0.25) is 10.0 Å². The molecular formula is C28H28Cl2N2O. The molecule has 0 radical (unpaired) electrons. The van der Waals surface area contributed by atoms with Gasteiger partial charge in [0.1, 0.15) is 0 Å². The summed E-state index contributed by atoms with van der Waals surface area (Å²) in [5, 5.41) is 2.26. The van der Waals surface area contributed by atoms with Gasteiger partial charge in [-0.05, 0) is 52.8 Å². The summed E-state index contributed by atoms with van der Waals surface area (Å²) in [7, 11) is 0. The van der Waals surface area contributed by atoms with E-state index >= 15 is 0 Å². The van der Waals surface area contributed by atoms with Crippen molar-refractivity contribution in [2.75, 3.05) is 6.54 Å². The zero-order valence-electron chi connectivity index (χ0n) is 19.2. The predicted molar refractivity (Wildman–Crippen MR) is 138 cm³/mol. The zero-order valence-corrected chi connectivity index (χ0v) is 20.7. The number of carbonyl (C=O) groups is 1. The fraction of sp³-hybridized carbons (Fsp3) is 0.250. The second kappa shape index (κ2) is 9.62. The van der Waals surface area contributed by atoms with Gasteiger partial charge >= 0.3 is 0 Å². The third-order valence-corrected chi connectivity index (χ3v) is 6.70. The number of carbonyl (C=O) groups excluding carboxylic acids is 1. The lowest BCUT2D eigenvalue weighted by atomic mass is 9.87. The average molecular weight is 479 g/mol. The molecular weight excluding hydrogens is 451 g/mol. The molecule has 1 amide bonds. The van der Waals surface area contributed by atoms with Crippen LogP contribution in [0, 0.1) is 0 Å². The predicted octanol–water partition coefficient (Wildman–Crippen LogP) is 7.66. The number of hydrogen-bond acceptors (Lipinski definition) is 1. The van der Waals surface area contributed by atoms with Gasteiger partial charge in [-0.25, -0.2) is 0 Å². The van der Waals surface area contributed by atoms with E-state index in [1.54, 1.807) is 0 Å². The highest BCUT2D eigenvalue weighted by atomic mass is 35.5. The number of para-hydroxylation sites is 1. The summed E-state index contributed by atoms with van der Waals surface area (Å²) in [6, 6.07) is 21.8. The van der Waals surface area contributed by atoms with Gasteiger partial charge in [-0.3, -0.25) is 4.79 Å². The summed E-state index contributed by atoms with van der Waals surface area (Å²) in [5.74, 6) is -0.0221. The molecule has 0 saturated heterocycles. The second-order valence-corrected chi connectivity index (χ2v) is 10.2. The second-order valence-electron chi connectivity index (χ2n) is 9.37. The Bertz CT molecular complexity index is 1250. The lowest BCUT2D eigenvalue weighted by Gasteiger charge is -2.25. The molecule has 0 bridgehead atoms. The van der Waals surface area contributed by atoms with E-state index in [1.165, 1.54) is 5.56 Å². The molecule has 4 rings (SSSR count). The summed E-state index contributed by atoms with van der Waals surface area (Å²) >= 11 is 12.8. The van der Waals surface area contributed by atoms with Gasteiger partial charge < -0.3 is 9.88 Å². The monoisotopic (exact) mass is 478 g/mol. The Balaban J connectivity index is 1.64. The van der Waals surface area contributed by atoms with Gasteiger partial charge in [0, 0.05) is 34.7 Å². The Morgan fingerprint density at radius 1 is 0.909 bits per heavy atom. The maximum Gasteiger partial charge on any atom is 0.256 e. The first kappa shape index (κ1) is 23.4. The number of fused-ring (bicyclic) bond motifs is 1. The van der Waals surface area contributed by atoms with E-state index in [9.17, 15) is 4.79 Å². The third-order valence-electron chi connectivity index (χ3n) is 5.99. The van der Waals surface area contributed by atoms with E-state index in [0.717, 1.165) is 22.0 Å². The molecule has 0 spiro atoms. The summed E-state index contributed by atoms with van der Waals surface area (Å²) in [6.45, 7) is 7.59. The number of nitrogens with zero attached hydrogens (tertiary/aromatic N) is 1. The largest absolute Gasteiger partial charge is 0.361 e. The maximum atomic E-state index is 13.7. The van der Waals surface area contributed by atoms with Gasteiger partial charge in [-0.2, -0.15) is 0 Å². The third kappa shape index (κ3) is 5.26. The quantitative estimate of drug-likeness (QED) is 0.303. The number of H-pyrrole nitrogens is 1. The molecule has 5 heteroatoms. The van der Waals surface area contributed by atoms with Crippen LogP contribution in [-0.2, 0) is 18.4 Å². The zero-order chi connectivity index (χ0) is 23.6. The number of halogens is 2. The minimum absolute atomic E-state index is 0.0221. The lowest BCUT2D eigenvalue weighted by Crippen LogP contribution is -2.33. The summed E-state index contributed by atoms with van der Waals surface area (Å²) in [6.07, 6.45) is 2.44. The fourth-order valence-electron chi connectivity index (χ4n) is 4.03. The number of nitrogens with one attached hydrogen (secondary N) is 1. The number of aromatic nitrogens is 1. The molecule has 33 heavy (non-hydrogen) atoms. The number of hydrogen-bond donors (Lipinski definition) is 1. The van der Waals surface area contributed by atoms with Crippen LogP contribution in [0.5, 0.6) is 0 Å². The topological polar surface area (TPSA) is 36.1 Å². The molecule has 0 aliphatic rings. The fourth-order valence-corrected chi connectivity index (χ4v) is 4.62. The highest BCUT2D eigenvalue weighted by Gasteiger charge is 2.21. The van der Waals surface area contributed by atoms with Crippen molar-refractivity contribution in [3.63, 3.8) is 0 Å². The van der Waals surface area contributed by atoms with Gasteiger partial charge in [0.05, 0.1) is 11.1 Å². The average Bonchev–Trinajstić information content (AvgIpc) is 3.26. The first-order chi connectivity index (χ1) is 15.7. The first-order valence-corrected chi connectivity index (χ1v) is 11.9. The van der Waals surface area contributed by atoms with Crippen molar-refractivity contribution in [2.45, 2.75) is 39.2 Å². The van der Waals surface area contributed by atoms with Crippen LogP contribution >= 0.6 is 23.2 Å². The minimum Gasteiger partial charge on any atom is -0.361 e. The van der Waals surface area contributed by atoms with E-state index in [0.29, 0.717) is 35.1 Å². The van der Waals surface area contributed by atoms with Crippen LogP contribution in [0.25, 0.3) is 10.9 Å². The van der Waals surface area contributed by atoms with Crippen molar-refractivity contribution in [3.8, 4) is 0 Å². The van der Waals surface area contributed by atoms with Gasteiger partial charge in [0.2, 0.25) is 0 Å². The standard InChI is InChI=1S/C28H28Cl2N2O/c1-28(2,3)21-12-10-19(11-13-21)18-32(17-15-22-24(29)8-5-9-25(22)30)27(33)23-7-4-6-20-14-16-31-26(20)23/h4-14,16,31H,15,17-18H2,1-3H3. The molecule has 0 aliphatic heterocycles. The molecule has 3 nitrogen and oxygen atoms in total. The van der Waals surface area contributed by atoms with E-state index < -0.39 is 0 Å².